The molecular formula is C19H19Cl2FN2O. The Hall–Kier alpha value is -1.78. The number of hydrogen-bond donors (Lipinski definition) is 1. The molecule has 2 aromatic carbocycles. The van der Waals surface area contributed by atoms with Crippen molar-refractivity contribution in [2.75, 3.05) is 23.3 Å². The van der Waals surface area contributed by atoms with Crippen molar-refractivity contribution < 1.29 is 9.18 Å². The molecule has 2 aromatic rings. The van der Waals surface area contributed by atoms with Gasteiger partial charge in [0.25, 0.3) is 0 Å². The Labute approximate surface area is 156 Å². The lowest BCUT2D eigenvalue weighted by molar-refractivity contribution is -0.116. The first-order valence-electron chi connectivity index (χ1n) is 8.32. The van der Waals surface area contributed by atoms with Gasteiger partial charge in [-0.05, 0) is 49.1 Å². The number of nitrogens with zero attached hydrogens (tertiary/aromatic N) is 1. The summed E-state index contributed by atoms with van der Waals surface area (Å²) in [4.78, 5) is 14.4. The van der Waals surface area contributed by atoms with Crippen molar-refractivity contribution in [3.63, 3.8) is 0 Å². The first kappa shape index (κ1) is 18.0. The van der Waals surface area contributed by atoms with Gasteiger partial charge in [-0.25, -0.2) is 4.39 Å². The number of para-hydroxylation sites is 1. The molecule has 1 fully saturated rings. The summed E-state index contributed by atoms with van der Waals surface area (Å²) < 4.78 is 14.3. The number of amides is 1. The molecule has 1 saturated heterocycles. The number of halogens is 3. The van der Waals surface area contributed by atoms with E-state index in [2.05, 4.69) is 10.2 Å². The molecule has 0 radical (unpaired) electrons. The molecule has 25 heavy (non-hydrogen) atoms. The fraction of sp³-hybridized carbons (Fsp3) is 0.316. The van der Waals surface area contributed by atoms with Crippen LogP contribution >= 0.6 is 23.2 Å². The molecule has 0 aromatic heterocycles. The highest BCUT2D eigenvalue weighted by Crippen LogP contribution is 2.31. The third kappa shape index (κ3) is 4.44. The molecule has 1 heterocycles. The van der Waals surface area contributed by atoms with Crippen LogP contribution in [-0.4, -0.2) is 19.0 Å². The zero-order chi connectivity index (χ0) is 17.8. The highest BCUT2D eigenvalue weighted by molar-refractivity contribution is 6.35. The molecule has 6 heteroatoms. The minimum absolute atomic E-state index is 0.217. The van der Waals surface area contributed by atoms with Crippen LogP contribution in [0.5, 0.6) is 0 Å². The lowest BCUT2D eigenvalue weighted by Gasteiger charge is -2.22. The van der Waals surface area contributed by atoms with Crippen molar-refractivity contribution >= 4 is 40.5 Å². The van der Waals surface area contributed by atoms with Crippen LogP contribution in [0.3, 0.4) is 0 Å². The number of aryl methyl sites for hydroxylation is 1. The summed E-state index contributed by atoms with van der Waals surface area (Å²) in [5.41, 5.74) is 1.85. The van der Waals surface area contributed by atoms with E-state index in [4.69, 9.17) is 23.2 Å². The van der Waals surface area contributed by atoms with Crippen LogP contribution in [0, 0.1) is 5.82 Å². The zero-order valence-corrected chi connectivity index (χ0v) is 15.2. The van der Waals surface area contributed by atoms with Crippen LogP contribution in [0.15, 0.2) is 36.4 Å². The molecule has 1 aliphatic rings. The Bertz CT molecular complexity index is 776. The highest BCUT2D eigenvalue weighted by Gasteiger charge is 2.19. The van der Waals surface area contributed by atoms with E-state index < -0.39 is 5.82 Å². The Balaban J connectivity index is 1.68. The van der Waals surface area contributed by atoms with Gasteiger partial charge in [0, 0.05) is 29.6 Å². The van der Waals surface area contributed by atoms with Crippen molar-refractivity contribution in [1.29, 1.82) is 0 Å². The molecule has 0 aliphatic carbocycles. The molecule has 0 bridgehead atoms. The summed E-state index contributed by atoms with van der Waals surface area (Å²) in [6.45, 7) is 1.76. The van der Waals surface area contributed by atoms with Crippen LogP contribution in [-0.2, 0) is 11.2 Å². The van der Waals surface area contributed by atoms with E-state index in [0.29, 0.717) is 16.5 Å². The summed E-state index contributed by atoms with van der Waals surface area (Å²) in [6.07, 6.45) is 2.85. The molecule has 0 spiro atoms. The van der Waals surface area contributed by atoms with Crippen LogP contribution in [0.1, 0.15) is 24.8 Å². The Morgan fingerprint density at radius 2 is 1.92 bits per heavy atom. The summed E-state index contributed by atoms with van der Waals surface area (Å²) in [5, 5.41) is 3.82. The molecule has 0 saturated carbocycles. The van der Waals surface area contributed by atoms with E-state index in [9.17, 15) is 9.18 Å². The van der Waals surface area contributed by atoms with Gasteiger partial charge in [-0.1, -0.05) is 35.3 Å². The van der Waals surface area contributed by atoms with E-state index >= 15 is 0 Å². The van der Waals surface area contributed by atoms with Crippen LogP contribution in [0.4, 0.5) is 15.8 Å². The lowest BCUT2D eigenvalue weighted by atomic mass is 10.1. The van der Waals surface area contributed by atoms with Crippen LogP contribution in [0.25, 0.3) is 0 Å². The molecule has 132 valence electrons. The summed E-state index contributed by atoms with van der Waals surface area (Å²) in [6, 6.07) is 10.1. The SMILES string of the molecule is O=C(CCc1ccc(Cl)cc1Cl)Nc1c(F)cccc1N1CCCC1. The van der Waals surface area contributed by atoms with Crippen LogP contribution < -0.4 is 10.2 Å². The van der Waals surface area contributed by atoms with Gasteiger partial charge in [0.05, 0.1) is 5.69 Å². The average molecular weight is 381 g/mol. The standard InChI is InChI=1S/C19H19Cl2FN2O/c20-14-8-6-13(15(21)12-14)7-9-18(25)23-19-16(22)4-3-5-17(19)24-10-1-2-11-24/h3-6,8,12H,1-2,7,9-11H2,(H,23,25). The highest BCUT2D eigenvalue weighted by atomic mass is 35.5. The molecular weight excluding hydrogens is 362 g/mol. The number of anilines is 2. The number of nitrogens with one attached hydrogen (secondary N) is 1. The molecule has 1 amide bonds. The van der Waals surface area contributed by atoms with E-state index in [1.54, 1.807) is 24.3 Å². The molecule has 3 nitrogen and oxygen atoms in total. The lowest BCUT2D eigenvalue weighted by Crippen LogP contribution is -2.22. The molecule has 1 N–H and O–H groups in total. The molecule has 0 atom stereocenters. The monoisotopic (exact) mass is 380 g/mol. The third-order valence-corrected chi connectivity index (χ3v) is 4.93. The van der Waals surface area contributed by atoms with Gasteiger partial charge in [-0.15, -0.1) is 0 Å². The summed E-state index contributed by atoms with van der Waals surface area (Å²) in [5.74, 6) is -0.654. The van der Waals surface area contributed by atoms with Gasteiger partial charge < -0.3 is 10.2 Å². The van der Waals surface area contributed by atoms with Gasteiger partial charge >= 0.3 is 0 Å². The first-order chi connectivity index (χ1) is 12.0. The summed E-state index contributed by atoms with van der Waals surface area (Å²) in [7, 11) is 0. The molecule has 0 unspecified atom stereocenters. The number of carbonyl (C=O) groups excluding carboxylic acids is 1. The fourth-order valence-electron chi connectivity index (χ4n) is 3.03. The van der Waals surface area contributed by atoms with Gasteiger partial charge in [-0.2, -0.15) is 0 Å². The predicted molar refractivity (Wildman–Crippen MR) is 101 cm³/mol. The third-order valence-electron chi connectivity index (χ3n) is 4.34. The number of rotatable bonds is 5. The number of carbonyl (C=O) groups is 1. The van der Waals surface area contributed by atoms with E-state index in [-0.39, 0.29) is 18.0 Å². The van der Waals surface area contributed by atoms with Crippen molar-refractivity contribution in [1.82, 2.24) is 0 Å². The van der Waals surface area contributed by atoms with Crippen LogP contribution in [0.2, 0.25) is 10.0 Å². The Morgan fingerprint density at radius 3 is 2.64 bits per heavy atom. The second-order valence-corrected chi connectivity index (χ2v) is 6.96. The second kappa shape index (κ2) is 8.07. The van der Waals surface area contributed by atoms with Crippen molar-refractivity contribution in [3.05, 3.63) is 57.8 Å². The zero-order valence-electron chi connectivity index (χ0n) is 13.7. The van der Waals surface area contributed by atoms with E-state index in [1.807, 2.05) is 6.07 Å². The Kier molecular flexibility index (Phi) is 5.82. The first-order valence-corrected chi connectivity index (χ1v) is 9.07. The number of hydrogen-bond acceptors (Lipinski definition) is 2. The fourth-order valence-corrected chi connectivity index (χ4v) is 3.54. The van der Waals surface area contributed by atoms with Gasteiger partial charge in [-0.3, -0.25) is 4.79 Å². The second-order valence-electron chi connectivity index (χ2n) is 6.11. The van der Waals surface area contributed by atoms with Gasteiger partial charge in [0.2, 0.25) is 5.91 Å². The van der Waals surface area contributed by atoms with Crippen molar-refractivity contribution in [2.45, 2.75) is 25.7 Å². The van der Waals surface area contributed by atoms with Gasteiger partial charge in [0.15, 0.2) is 0 Å². The maximum atomic E-state index is 14.3. The minimum atomic E-state index is -0.415. The Morgan fingerprint density at radius 1 is 1.16 bits per heavy atom. The van der Waals surface area contributed by atoms with Crippen molar-refractivity contribution in [2.24, 2.45) is 0 Å². The maximum absolute atomic E-state index is 14.3. The quantitative estimate of drug-likeness (QED) is 0.762. The summed E-state index contributed by atoms with van der Waals surface area (Å²) >= 11 is 12.0. The van der Waals surface area contributed by atoms with Crippen molar-refractivity contribution in [3.8, 4) is 0 Å². The topological polar surface area (TPSA) is 32.3 Å². The minimum Gasteiger partial charge on any atom is -0.370 e. The normalized spacial score (nSPS) is 14.0. The number of benzene rings is 2. The molecule has 1 aliphatic heterocycles. The smallest absolute Gasteiger partial charge is 0.224 e. The predicted octanol–water partition coefficient (Wildman–Crippen LogP) is 5.30. The molecule has 3 rings (SSSR count). The van der Waals surface area contributed by atoms with Gasteiger partial charge in [0.1, 0.15) is 11.5 Å². The van der Waals surface area contributed by atoms with E-state index in [1.165, 1.54) is 6.07 Å². The maximum Gasteiger partial charge on any atom is 0.224 e. The average Bonchev–Trinajstić information content (AvgIpc) is 3.10. The van der Waals surface area contributed by atoms with E-state index in [0.717, 1.165) is 37.2 Å². The largest absolute Gasteiger partial charge is 0.370 e.